The van der Waals surface area contributed by atoms with E-state index in [1.54, 1.807) is 13.2 Å². The number of hydrogen-bond acceptors (Lipinski definition) is 4. The highest BCUT2D eigenvalue weighted by Gasteiger charge is 2.24. The van der Waals surface area contributed by atoms with Crippen molar-refractivity contribution in [2.45, 2.75) is 6.92 Å². The molecule has 0 spiro atoms. The van der Waals surface area contributed by atoms with Gasteiger partial charge in [0, 0.05) is 10.0 Å². The molecule has 2 aromatic carbocycles. The van der Waals surface area contributed by atoms with E-state index >= 15 is 0 Å². The quantitative estimate of drug-likeness (QED) is 0.595. The highest BCUT2D eigenvalue weighted by atomic mass is 79.9. The van der Waals surface area contributed by atoms with Crippen LogP contribution in [-0.4, -0.2) is 18.2 Å². The Balaban J connectivity index is 1.91. The van der Waals surface area contributed by atoms with Crippen LogP contribution < -0.4 is 10.1 Å². The van der Waals surface area contributed by atoms with Crippen molar-refractivity contribution in [2.75, 3.05) is 7.11 Å². The molecular weight excluding hydrogens is 468 g/mol. The molecule has 7 heteroatoms. The fourth-order valence-electron chi connectivity index (χ4n) is 2.26. The van der Waals surface area contributed by atoms with Gasteiger partial charge in [-0.15, -0.1) is 0 Å². The maximum Gasteiger partial charge on any atom is 0.264 e. The third kappa shape index (κ3) is 4.34. The molecule has 128 valence electrons. The van der Waals surface area contributed by atoms with Gasteiger partial charge in [-0.25, -0.2) is 4.99 Å². The first-order chi connectivity index (χ1) is 12.0. The topological polar surface area (TPSA) is 50.7 Å². The van der Waals surface area contributed by atoms with Gasteiger partial charge in [-0.1, -0.05) is 33.6 Å². The molecule has 1 fully saturated rings. The van der Waals surface area contributed by atoms with Gasteiger partial charge in [-0.05, 0) is 65.0 Å². The van der Waals surface area contributed by atoms with Crippen molar-refractivity contribution in [1.29, 1.82) is 0 Å². The van der Waals surface area contributed by atoms with E-state index in [4.69, 9.17) is 4.74 Å². The lowest BCUT2D eigenvalue weighted by Gasteiger charge is -2.08. The molecular formula is C18H14Br2N2O2S. The number of aryl methyl sites for hydroxylation is 1. The Hall–Kier alpha value is -1.57. The Morgan fingerprint density at radius 1 is 1.20 bits per heavy atom. The summed E-state index contributed by atoms with van der Waals surface area (Å²) < 4.78 is 7.13. The van der Waals surface area contributed by atoms with Crippen LogP contribution in [0.5, 0.6) is 5.75 Å². The molecule has 1 aliphatic heterocycles. The van der Waals surface area contributed by atoms with Gasteiger partial charge in [0.25, 0.3) is 5.91 Å². The smallest absolute Gasteiger partial charge is 0.264 e. The lowest BCUT2D eigenvalue weighted by atomic mass is 10.2. The summed E-state index contributed by atoms with van der Waals surface area (Å²) in [6.45, 7) is 2.02. The summed E-state index contributed by atoms with van der Waals surface area (Å²) in [5.74, 6) is 0.502. The molecule has 1 N–H and O–H groups in total. The first-order valence-electron chi connectivity index (χ1n) is 7.35. The van der Waals surface area contributed by atoms with Gasteiger partial charge in [-0.2, -0.15) is 0 Å². The standard InChI is InChI=1S/C18H14Br2N2O2S/c1-10-3-5-13(6-4-10)21-18-22-17(23)15(25-18)8-11-7-12(19)9-14(20)16(11)24-2/h3-9H,1-2H3,(H,21,22,23)/b15-8-. The van der Waals surface area contributed by atoms with Crippen molar-refractivity contribution in [3.8, 4) is 5.75 Å². The van der Waals surface area contributed by atoms with Crippen LogP contribution in [0.2, 0.25) is 0 Å². The van der Waals surface area contributed by atoms with Crippen LogP contribution in [0.4, 0.5) is 5.69 Å². The molecule has 0 atom stereocenters. The van der Waals surface area contributed by atoms with E-state index in [0.717, 1.165) is 20.2 Å². The van der Waals surface area contributed by atoms with E-state index in [0.29, 0.717) is 15.8 Å². The molecule has 1 heterocycles. The number of halogens is 2. The zero-order chi connectivity index (χ0) is 18.0. The highest BCUT2D eigenvalue weighted by Crippen LogP contribution is 2.36. The molecule has 0 aromatic heterocycles. The fourth-order valence-corrected chi connectivity index (χ4v) is 4.51. The molecule has 2 aromatic rings. The lowest BCUT2D eigenvalue weighted by Crippen LogP contribution is -2.19. The summed E-state index contributed by atoms with van der Waals surface area (Å²) in [6.07, 6.45) is 1.80. The Bertz CT molecular complexity index is 893. The average molecular weight is 482 g/mol. The number of carbonyl (C=O) groups excluding carboxylic acids is 1. The Morgan fingerprint density at radius 3 is 2.60 bits per heavy atom. The Morgan fingerprint density at radius 2 is 1.92 bits per heavy atom. The van der Waals surface area contributed by atoms with E-state index in [1.165, 1.54) is 17.3 Å². The maximum absolute atomic E-state index is 12.3. The maximum atomic E-state index is 12.3. The van der Waals surface area contributed by atoms with Crippen LogP contribution >= 0.6 is 43.6 Å². The number of hydrogen-bond donors (Lipinski definition) is 1. The van der Waals surface area contributed by atoms with Crippen LogP contribution in [0.25, 0.3) is 6.08 Å². The number of methoxy groups -OCH3 is 1. The van der Waals surface area contributed by atoms with E-state index in [1.807, 2.05) is 43.3 Å². The second-order valence-corrected chi connectivity index (χ2v) is 8.13. The van der Waals surface area contributed by atoms with Gasteiger partial charge >= 0.3 is 0 Å². The third-order valence-corrected chi connectivity index (χ3v) is 5.40. The second-order valence-electron chi connectivity index (χ2n) is 5.33. The summed E-state index contributed by atoms with van der Waals surface area (Å²) in [6, 6.07) is 11.6. The predicted molar refractivity (Wildman–Crippen MR) is 110 cm³/mol. The Labute approximate surface area is 167 Å². The van der Waals surface area contributed by atoms with Gasteiger partial charge in [0.05, 0.1) is 22.2 Å². The van der Waals surface area contributed by atoms with Crippen LogP contribution in [-0.2, 0) is 4.79 Å². The van der Waals surface area contributed by atoms with E-state index in [-0.39, 0.29) is 5.91 Å². The van der Waals surface area contributed by atoms with E-state index in [2.05, 4.69) is 42.2 Å². The number of nitrogens with one attached hydrogen (secondary N) is 1. The zero-order valence-electron chi connectivity index (χ0n) is 13.5. The van der Waals surface area contributed by atoms with Crippen molar-refractivity contribution in [1.82, 2.24) is 5.32 Å². The molecule has 1 aliphatic rings. The number of amidine groups is 1. The number of amides is 1. The minimum absolute atomic E-state index is 0.172. The van der Waals surface area contributed by atoms with Gasteiger partial charge in [0.1, 0.15) is 5.75 Å². The molecule has 0 radical (unpaired) electrons. The van der Waals surface area contributed by atoms with Gasteiger partial charge in [0.2, 0.25) is 0 Å². The second kappa shape index (κ2) is 7.76. The number of carbonyl (C=O) groups is 1. The number of rotatable bonds is 3. The van der Waals surface area contributed by atoms with Crippen LogP contribution in [0.3, 0.4) is 0 Å². The molecule has 25 heavy (non-hydrogen) atoms. The predicted octanol–water partition coefficient (Wildman–Crippen LogP) is 5.42. The molecule has 1 amide bonds. The lowest BCUT2D eigenvalue weighted by molar-refractivity contribution is -0.115. The van der Waals surface area contributed by atoms with Crippen molar-refractivity contribution < 1.29 is 9.53 Å². The van der Waals surface area contributed by atoms with Crippen molar-refractivity contribution in [3.63, 3.8) is 0 Å². The molecule has 0 saturated carbocycles. The summed E-state index contributed by atoms with van der Waals surface area (Å²) in [5, 5.41) is 3.36. The van der Waals surface area contributed by atoms with E-state index in [9.17, 15) is 4.79 Å². The van der Waals surface area contributed by atoms with Crippen LogP contribution in [0.15, 0.2) is 55.2 Å². The number of nitrogens with zero attached hydrogens (tertiary/aromatic N) is 1. The highest BCUT2D eigenvalue weighted by molar-refractivity contribution is 9.11. The zero-order valence-corrected chi connectivity index (χ0v) is 17.5. The minimum atomic E-state index is -0.172. The first kappa shape index (κ1) is 18.2. The molecule has 0 aliphatic carbocycles. The van der Waals surface area contributed by atoms with E-state index < -0.39 is 0 Å². The van der Waals surface area contributed by atoms with Gasteiger partial charge in [-0.3, -0.25) is 4.79 Å². The molecule has 4 nitrogen and oxygen atoms in total. The first-order valence-corrected chi connectivity index (χ1v) is 9.76. The van der Waals surface area contributed by atoms with Crippen LogP contribution in [0.1, 0.15) is 11.1 Å². The summed E-state index contributed by atoms with van der Waals surface area (Å²) >= 11 is 8.23. The van der Waals surface area contributed by atoms with Gasteiger partial charge in [0.15, 0.2) is 5.17 Å². The molecule has 0 unspecified atom stereocenters. The van der Waals surface area contributed by atoms with Gasteiger partial charge < -0.3 is 10.1 Å². The fraction of sp³-hybridized carbons (Fsp3) is 0.111. The van der Waals surface area contributed by atoms with Crippen molar-refractivity contribution in [3.05, 3.63) is 61.4 Å². The SMILES string of the molecule is COc1c(Br)cc(Br)cc1/C=C1\SC(=Nc2ccc(C)cc2)NC1=O. The summed E-state index contributed by atoms with van der Waals surface area (Å²) in [5.41, 5.74) is 2.77. The molecule has 0 bridgehead atoms. The summed E-state index contributed by atoms with van der Waals surface area (Å²) in [7, 11) is 1.60. The number of aliphatic imine (C=N–C) groups is 1. The van der Waals surface area contributed by atoms with Crippen molar-refractivity contribution >= 4 is 66.5 Å². The third-order valence-electron chi connectivity index (χ3n) is 3.44. The van der Waals surface area contributed by atoms with Crippen LogP contribution in [0, 0.1) is 6.92 Å². The normalized spacial score (nSPS) is 17.2. The average Bonchev–Trinajstić information content (AvgIpc) is 2.89. The number of benzene rings is 2. The number of thioether (sulfide) groups is 1. The molecule has 1 saturated heterocycles. The monoisotopic (exact) mass is 480 g/mol. The molecule has 3 rings (SSSR count). The van der Waals surface area contributed by atoms with Crippen molar-refractivity contribution in [2.24, 2.45) is 4.99 Å². The summed E-state index contributed by atoms with van der Waals surface area (Å²) in [4.78, 5) is 17.3. The minimum Gasteiger partial charge on any atom is -0.495 e. The number of ether oxygens (including phenoxy) is 1. The largest absolute Gasteiger partial charge is 0.495 e. The Kier molecular flexibility index (Phi) is 5.66.